The van der Waals surface area contributed by atoms with E-state index in [0.29, 0.717) is 12.8 Å². The molecule has 1 aliphatic heterocycles. The second-order valence-electron chi connectivity index (χ2n) is 4.74. The lowest BCUT2D eigenvalue weighted by molar-refractivity contribution is -0.384. The van der Waals surface area contributed by atoms with Crippen molar-refractivity contribution < 1.29 is 14.5 Å². The molecule has 2 unspecified atom stereocenters. The molecular formula is C13H15N3O4. The molecule has 1 aromatic rings. The highest BCUT2D eigenvalue weighted by Crippen LogP contribution is 2.20. The van der Waals surface area contributed by atoms with Crippen LogP contribution >= 0.6 is 0 Å². The van der Waals surface area contributed by atoms with Crippen molar-refractivity contribution in [2.45, 2.75) is 31.8 Å². The van der Waals surface area contributed by atoms with Gasteiger partial charge in [0.1, 0.15) is 0 Å². The molecule has 2 rings (SSSR count). The lowest BCUT2D eigenvalue weighted by Crippen LogP contribution is -2.51. The van der Waals surface area contributed by atoms with E-state index in [0.717, 1.165) is 5.56 Å². The average Bonchev–Trinajstić information content (AvgIpc) is 2.42. The molecule has 1 aromatic carbocycles. The van der Waals surface area contributed by atoms with E-state index >= 15 is 0 Å². The molecule has 7 heteroatoms. The number of nitrogens with zero attached hydrogens (tertiary/aromatic N) is 1. The zero-order chi connectivity index (χ0) is 14.7. The topological polar surface area (TPSA) is 101 Å². The van der Waals surface area contributed by atoms with Gasteiger partial charge < -0.3 is 0 Å². The Balaban J connectivity index is 2.06. The molecule has 2 amide bonds. The van der Waals surface area contributed by atoms with Crippen LogP contribution < -0.4 is 10.6 Å². The largest absolute Gasteiger partial charge is 0.299 e. The third-order valence-corrected chi connectivity index (χ3v) is 3.27. The molecule has 0 spiro atoms. The van der Waals surface area contributed by atoms with Gasteiger partial charge in [-0.15, -0.1) is 0 Å². The van der Waals surface area contributed by atoms with E-state index in [1.807, 2.05) is 6.92 Å². The smallest absolute Gasteiger partial charge is 0.269 e. The number of hydrogen-bond donors (Lipinski definition) is 2. The van der Waals surface area contributed by atoms with Gasteiger partial charge in [-0.05, 0) is 18.9 Å². The maximum Gasteiger partial charge on any atom is 0.269 e. The summed E-state index contributed by atoms with van der Waals surface area (Å²) in [6.07, 6.45) is 0.731. The fourth-order valence-corrected chi connectivity index (χ4v) is 2.16. The van der Waals surface area contributed by atoms with Crippen molar-refractivity contribution in [1.82, 2.24) is 10.6 Å². The van der Waals surface area contributed by atoms with E-state index in [1.54, 1.807) is 12.1 Å². The van der Waals surface area contributed by atoms with Crippen molar-refractivity contribution in [2.24, 2.45) is 0 Å². The zero-order valence-corrected chi connectivity index (χ0v) is 11.0. The Hall–Kier alpha value is -2.28. The monoisotopic (exact) mass is 277 g/mol. The minimum Gasteiger partial charge on any atom is -0.299 e. The molecule has 1 heterocycles. The fourth-order valence-electron chi connectivity index (χ4n) is 2.16. The molecule has 2 N–H and O–H groups in total. The van der Waals surface area contributed by atoms with Gasteiger partial charge in [-0.2, -0.15) is 0 Å². The van der Waals surface area contributed by atoms with Crippen molar-refractivity contribution in [1.29, 1.82) is 0 Å². The average molecular weight is 277 g/mol. The predicted molar refractivity (Wildman–Crippen MR) is 70.8 cm³/mol. The fraction of sp³-hybridized carbons (Fsp3) is 0.385. The highest BCUT2D eigenvalue weighted by Gasteiger charge is 2.27. The Bertz CT molecular complexity index is 558. The van der Waals surface area contributed by atoms with E-state index in [-0.39, 0.29) is 23.5 Å². The Labute approximate surface area is 115 Å². The van der Waals surface area contributed by atoms with Gasteiger partial charge in [0.05, 0.1) is 11.0 Å². The molecule has 7 nitrogen and oxygen atoms in total. The van der Waals surface area contributed by atoms with E-state index < -0.39 is 11.0 Å². The first-order chi connectivity index (χ1) is 9.47. The van der Waals surface area contributed by atoms with Crippen LogP contribution in [0.15, 0.2) is 24.3 Å². The van der Waals surface area contributed by atoms with Crippen molar-refractivity contribution in [3.05, 3.63) is 39.9 Å². The van der Waals surface area contributed by atoms with E-state index in [1.165, 1.54) is 12.1 Å². The Kier molecular flexibility index (Phi) is 4.09. The standard InChI is InChI=1S/C13H15N3O4/c1-8(9-3-2-4-10(7-9)16(19)20)14-11-5-6-12(17)15-13(11)18/h2-4,7-8,11,14H,5-6H2,1H3,(H,15,17,18). The summed E-state index contributed by atoms with van der Waals surface area (Å²) >= 11 is 0. The number of imide groups is 1. The van der Waals surface area contributed by atoms with Crippen LogP contribution in [0.5, 0.6) is 0 Å². The maximum absolute atomic E-state index is 11.6. The van der Waals surface area contributed by atoms with Gasteiger partial charge in [0.15, 0.2) is 0 Å². The first kappa shape index (κ1) is 14.1. The van der Waals surface area contributed by atoms with Crippen molar-refractivity contribution in [3.8, 4) is 0 Å². The van der Waals surface area contributed by atoms with Gasteiger partial charge in [0, 0.05) is 24.6 Å². The van der Waals surface area contributed by atoms with Crippen molar-refractivity contribution >= 4 is 17.5 Å². The molecule has 0 radical (unpaired) electrons. The molecule has 106 valence electrons. The van der Waals surface area contributed by atoms with Crippen LogP contribution in [0.1, 0.15) is 31.4 Å². The summed E-state index contributed by atoms with van der Waals surface area (Å²) in [4.78, 5) is 33.0. The number of benzene rings is 1. The number of nitro benzene ring substituents is 1. The van der Waals surface area contributed by atoms with Crippen LogP contribution in [0.3, 0.4) is 0 Å². The minimum absolute atomic E-state index is 0.0134. The summed E-state index contributed by atoms with van der Waals surface area (Å²) in [6.45, 7) is 1.82. The van der Waals surface area contributed by atoms with Gasteiger partial charge in [-0.1, -0.05) is 12.1 Å². The number of non-ortho nitro benzene ring substituents is 1. The number of piperidine rings is 1. The molecule has 0 bridgehead atoms. The normalized spacial score (nSPS) is 20.4. The maximum atomic E-state index is 11.6. The molecule has 1 fully saturated rings. The number of carbonyl (C=O) groups is 2. The van der Waals surface area contributed by atoms with Crippen LogP contribution in [0.2, 0.25) is 0 Å². The first-order valence-electron chi connectivity index (χ1n) is 6.31. The number of hydrogen-bond acceptors (Lipinski definition) is 5. The lowest BCUT2D eigenvalue weighted by Gasteiger charge is -2.25. The summed E-state index contributed by atoms with van der Waals surface area (Å²) in [7, 11) is 0. The van der Waals surface area contributed by atoms with Gasteiger partial charge in [0.25, 0.3) is 5.69 Å². The summed E-state index contributed by atoms with van der Waals surface area (Å²) in [6, 6.07) is 5.58. The van der Waals surface area contributed by atoms with Gasteiger partial charge in [-0.25, -0.2) is 0 Å². The SMILES string of the molecule is CC(NC1CCC(=O)NC1=O)c1cccc([N+](=O)[O-])c1. The molecule has 2 atom stereocenters. The summed E-state index contributed by atoms with van der Waals surface area (Å²) < 4.78 is 0. The summed E-state index contributed by atoms with van der Waals surface area (Å²) in [5, 5.41) is 16.1. The second-order valence-corrected chi connectivity index (χ2v) is 4.74. The third kappa shape index (κ3) is 3.18. The molecule has 20 heavy (non-hydrogen) atoms. The predicted octanol–water partition coefficient (Wildman–Crippen LogP) is 1.05. The Morgan fingerprint density at radius 3 is 2.85 bits per heavy atom. The van der Waals surface area contributed by atoms with Crippen molar-refractivity contribution in [3.63, 3.8) is 0 Å². The minimum atomic E-state index is -0.457. The number of rotatable bonds is 4. The highest BCUT2D eigenvalue weighted by molar-refractivity contribution is 6.00. The van der Waals surface area contributed by atoms with Gasteiger partial charge in [0.2, 0.25) is 11.8 Å². The number of carbonyl (C=O) groups excluding carboxylic acids is 2. The van der Waals surface area contributed by atoms with E-state index in [4.69, 9.17) is 0 Å². The molecule has 1 aliphatic rings. The van der Waals surface area contributed by atoms with E-state index in [9.17, 15) is 19.7 Å². The number of nitro groups is 1. The van der Waals surface area contributed by atoms with Gasteiger partial charge in [-0.3, -0.25) is 30.3 Å². The summed E-state index contributed by atoms with van der Waals surface area (Å²) in [5.74, 6) is -0.616. The third-order valence-electron chi connectivity index (χ3n) is 3.27. The van der Waals surface area contributed by atoms with Crippen LogP contribution in [0.25, 0.3) is 0 Å². The Morgan fingerprint density at radius 1 is 1.45 bits per heavy atom. The first-order valence-corrected chi connectivity index (χ1v) is 6.31. The summed E-state index contributed by atoms with van der Waals surface area (Å²) in [5.41, 5.74) is 0.739. The second kappa shape index (κ2) is 5.79. The molecule has 0 aliphatic carbocycles. The molecule has 0 saturated carbocycles. The zero-order valence-electron chi connectivity index (χ0n) is 11.0. The van der Waals surface area contributed by atoms with Crippen LogP contribution in [0.4, 0.5) is 5.69 Å². The molecule has 1 saturated heterocycles. The van der Waals surface area contributed by atoms with Gasteiger partial charge >= 0.3 is 0 Å². The lowest BCUT2D eigenvalue weighted by atomic mass is 10.0. The van der Waals surface area contributed by atoms with Crippen LogP contribution in [-0.4, -0.2) is 22.8 Å². The quantitative estimate of drug-likeness (QED) is 0.486. The van der Waals surface area contributed by atoms with E-state index in [2.05, 4.69) is 10.6 Å². The van der Waals surface area contributed by atoms with Crippen molar-refractivity contribution in [2.75, 3.05) is 0 Å². The number of amides is 2. The van der Waals surface area contributed by atoms with Crippen LogP contribution in [-0.2, 0) is 9.59 Å². The number of nitrogens with one attached hydrogen (secondary N) is 2. The highest BCUT2D eigenvalue weighted by atomic mass is 16.6. The molecular weight excluding hydrogens is 262 g/mol. The van der Waals surface area contributed by atoms with Crippen LogP contribution in [0, 0.1) is 10.1 Å². The Morgan fingerprint density at radius 2 is 2.20 bits per heavy atom. The molecule has 0 aromatic heterocycles.